The summed E-state index contributed by atoms with van der Waals surface area (Å²) in [5.74, 6) is 0. The first-order valence-corrected chi connectivity index (χ1v) is 6.67. The van der Waals surface area contributed by atoms with Crippen molar-refractivity contribution in [1.29, 1.82) is 0 Å². The van der Waals surface area contributed by atoms with E-state index in [4.69, 9.17) is 0 Å². The lowest BCUT2D eigenvalue weighted by Crippen LogP contribution is -2.05. The van der Waals surface area contributed by atoms with E-state index in [0.29, 0.717) is 6.42 Å². The number of nitrogens with zero attached hydrogens (tertiary/aromatic N) is 2. The molecule has 3 heteroatoms. The Labute approximate surface area is 117 Å². The van der Waals surface area contributed by atoms with Gasteiger partial charge in [0.15, 0.2) is 0 Å². The number of hydrogen-bond acceptors (Lipinski definition) is 3. The second-order valence-corrected chi connectivity index (χ2v) is 4.96. The first kappa shape index (κ1) is 12.8. The van der Waals surface area contributed by atoms with Crippen LogP contribution in [0.2, 0.25) is 0 Å². The Morgan fingerprint density at radius 2 is 1.85 bits per heavy atom. The maximum Gasteiger partial charge on any atom is 0.1000 e. The molecule has 0 bridgehead atoms. The highest BCUT2D eigenvalue weighted by Crippen LogP contribution is 2.22. The summed E-state index contributed by atoms with van der Waals surface area (Å²) in [6.45, 7) is 2.05. The van der Waals surface area contributed by atoms with Crippen molar-refractivity contribution in [3.8, 4) is 0 Å². The number of aliphatic hydroxyl groups is 1. The number of hydrogen-bond donors (Lipinski definition) is 1. The molecule has 0 saturated heterocycles. The Kier molecular flexibility index (Phi) is 3.44. The summed E-state index contributed by atoms with van der Waals surface area (Å²) in [6.07, 6.45) is 3.43. The number of aromatic nitrogens is 2. The average molecular weight is 264 g/mol. The smallest absolute Gasteiger partial charge is 0.1000 e. The highest BCUT2D eigenvalue weighted by atomic mass is 16.3. The van der Waals surface area contributed by atoms with Gasteiger partial charge >= 0.3 is 0 Å². The van der Waals surface area contributed by atoms with Crippen LogP contribution in [0.25, 0.3) is 10.9 Å². The van der Waals surface area contributed by atoms with E-state index in [0.717, 1.165) is 27.7 Å². The van der Waals surface area contributed by atoms with Crippen LogP contribution in [-0.2, 0) is 6.42 Å². The van der Waals surface area contributed by atoms with Gasteiger partial charge in [0.05, 0.1) is 17.3 Å². The van der Waals surface area contributed by atoms with Gasteiger partial charge in [-0.2, -0.15) is 0 Å². The van der Waals surface area contributed by atoms with Crippen molar-refractivity contribution in [2.45, 2.75) is 19.4 Å². The molecule has 1 aromatic carbocycles. The molecule has 0 amide bonds. The minimum Gasteiger partial charge on any atom is -0.386 e. The lowest BCUT2D eigenvalue weighted by atomic mass is 10.0. The molecule has 100 valence electrons. The monoisotopic (exact) mass is 264 g/mol. The predicted molar refractivity (Wildman–Crippen MR) is 79.4 cm³/mol. The Balaban J connectivity index is 1.93. The Bertz CT molecular complexity index is 725. The third-order valence-corrected chi connectivity index (χ3v) is 3.46. The summed E-state index contributed by atoms with van der Waals surface area (Å²) in [4.78, 5) is 8.55. The van der Waals surface area contributed by atoms with E-state index in [1.54, 1.807) is 12.4 Å². The zero-order valence-corrected chi connectivity index (χ0v) is 11.3. The first-order chi connectivity index (χ1) is 9.74. The van der Waals surface area contributed by atoms with Crippen molar-refractivity contribution in [3.05, 3.63) is 71.7 Å². The van der Waals surface area contributed by atoms with Gasteiger partial charge in [0.2, 0.25) is 0 Å². The zero-order valence-electron chi connectivity index (χ0n) is 11.3. The number of pyridine rings is 2. The van der Waals surface area contributed by atoms with E-state index < -0.39 is 6.10 Å². The molecule has 3 rings (SSSR count). The van der Waals surface area contributed by atoms with E-state index >= 15 is 0 Å². The Morgan fingerprint density at radius 3 is 2.65 bits per heavy atom. The van der Waals surface area contributed by atoms with Crippen molar-refractivity contribution in [2.24, 2.45) is 0 Å². The molecule has 1 N–H and O–H groups in total. The van der Waals surface area contributed by atoms with Gasteiger partial charge < -0.3 is 5.11 Å². The maximum absolute atomic E-state index is 10.4. The van der Waals surface area contributed by atoms with Gasteiger partial charge in [0.25, 0.3) is 0 Å². The van der Waals surface area contributed by atoms with Gasteiger partial charge in [-0.3, -0.25) is 9.97 Å². The van der Waals surface area contributed by atoms with E-state index in [-0.39, 0.29) is 0 Å². The minimum atomic E-state index is -0.597. The standard InChI is InChI=1S/C17H16N2O/c1-12-10-16(19-15-5-3-2-4-14(12)15)17(20)11-13-6-8-18-9-7-13/h2-10,17,20H,11H2,1H3. The van der Waals surface area contributed by atoms with E-state index in [1.807, 2.05) is 43.3 Å². The first-order valence-electron chi connectivity index (χ1n) is 6.67. The van der Waals surface area contributed by atoms with Crippen LogP contribution >= 0.6 is 0 Å². The number of fused-ring (bicyclic) bond motifs is 1. The minimum absolute atomic E-state index is 0.549. The normalized spacial score (nSPS) is 12.5. The van der Waals surface area contributed by atoms with Crippen LogP contribution in [0.5, 0.6) is 0 Å². The zero-order chi connectivity index (χ0) is 13.9. The van der Waals surface area contributed by atoms with E-state index in [9.17, 15) is 5.11 Å². The molecule has 3 aromatic rings. The van der Waals surface area contributed by atoms with Crippen molar-refractivity contribution in [1.82, 2.24) is 9.97 Å². The fourth-order valence-electron chi connectivity index (χ4n) is 2.39. The summed E-state index contributed by atoms with van der Waals surface area (Å²) in [6, 6.07) is 13.8. The van der Waals surface area contributed by atoms with E-state index in [1.165, 1.54) is 0 Å². The highest BCUT2D eigenvalue weighted by molar-refractivity contribution is 5.82. The maximum atomic E-state index is 10.4. The Morgan fingerprint density at radius 1 is 1.10 bits per heavy atom. The van der Waals surface area contributed by atoms with Crippen LogP contribution in [0.15, 0.2) is 54.9 Å². The van der Waals surface area contributed by atoms with Gasteiger partial charge in [0.1, 0.15) is 0 Å². The van der Waals surface area contributed by atoms with Gasteiger partial charge in [-0.1, -0.05) is 18.2 Å². The number of benzene rings is 1. The van der Waals surface area contributed by atoms with Crippen LogP contribution in [-0.4, -0.2) is 15.1 Å². The summed E-state index contributed by atoms with van der Waals surface area (Å²) in [5, 5.41) is 11.5. The fourth-order valence-corrected chi connectivity index (χ4v) is 2.39. The van der Waals surface area contributed by atoms with Crippen LogP contribution in [0.4, 0.5) is 0 Å². The molecule has 0 saturated carbocycles. The molecule has 1 unspecified atom stereocenters. The van der Waals surface area contributed by atoms with Crippen molar-refractivity contribution in [2.75, 3.05) is 0 Å². The lowest BCUT2D eigenvalue weighted by Gasteiger charge is -2.12. The van der Waals surface area contributed by atoms with Crippen molar-refractivity contribution in [3.63, 3.8) is 0 Å². The summed E-state index contributed by atoms with van der Waals surface area (Å²) in [7, 11) is 0. The molecular formula is C17H16N2O. The van der Waals surface area contributed by atoms with Crippen LogP contribution in [0.3, 0.4) is 0 Å². The number of aliphatic hydroxyl groups excluding tert-OH is 1. The van der Waals surface area contributed by atoms with Crippen molar-refractivity contribution >= 4 is 10.9 Å². The molecular weight excluding hydrogens is 248 g/mol. The molecule has 0 fully saturated rings. The molecule has 0 aliphatic heterocycles. The fraction of sp³-hybridized carbons (Fsp3) is 0.176. The van der Waals surface area contributed by atoms with E-state index in [2.05, 4.69) is 16.0 Å². The molecule has 3 nitrogen and oxygen atoms in total. The van der Waals surface area contributed by atoms with Crippen LogP contribution in [0.1, 0.15) is 22.9 Å². The van der Waals surface area contributed by atoms with Crippen LogP contribution in [0, 0.1) is 6.92 Å². The summed E-state index contributed by atoms with van der Waals surface area (Å²) < 4.78 is 0. The number of rotatable bonds is 3. The summed E-state index contributed by atoms with van der Waals surface area (Å²) >= 11 is 0. The lowest BCUT2D eigenvalue weighted by molar-refractivity contribution is 0.174. The average Bonchev–Trinajstić information content (AvgIpc) is 2.48. The molecule has 1 atom stereocenters. The van der Waals surface area contributed by atoms with Gasteiger partial charge in [-0.15, -0.1) is 0 Å². The second-order valence-electron chi connectivity index (χ2n) is 4.96. The molecule has 0 radical (unpaired) electrons. The topological polar surface area (TPSA) is 46.0 Å². The van der Waals surface area contributed by atoms with Crippen LogP contribution < -0.4 is 0 Å². The molecule has 0 spiro atoms. The molecule has 0 aliphatic carbocycles. The molecule has 20 heavy (non-hydrogen) atoms. The highest BCUT2D eigenvalue weighted by Gasteiger charge is 2.12. The number of para-hydroxylation sites is 1. The summed E-state index contributed by atoms with van der Waals surface area (Å²) in [5.41, 5.74) is 3.84. The second kappa shape index (κ2) is 5.39. The van der Waals surface area contributed by atoms with Gasteiger partial charge in [-0.05, 0) is 42.3 Å². The number of aryl methyl sites for hydroxylation is 1. The molecule has 0 aliphatic rings. The van der Waals surface area contributed by atoms with Gasteiger partial charge in [-0.25, -0.2) is 0 Å². The largest absolute Gasteiger partial charge is 0.386 e. The third kappa shape index (κ3) is 2.53. The van der Waals surface area contributed by atoms with Gasteiger partial charge in [0, 0.05) is 24.2 Å². The quantitative estimate of drug-likeness (QED) is 0.790. The third-order valence-electron chi connectivity index (χ3n) is 3.46. The molecule has 2 heterocycles. The Hall–Kier alpha value is -2.26. The molecule has 2 aromatic heterocycles. The predicted octanol–water partition coefficient (Wildman–Crippen LogP) is 3.21. The SMILES string of the molecule is Cc1cc(C(O)Cc2ccncc2)nc2ccccc12. The van der Waals surface area contributed by atoms with Crippen molar-refractivity contribution < 1.29 is 5.11 Å².